The van der Waals surface area contributed by atoms with E-state index >= 15 is 0 Å². The number of ether oxygens (including phenoxy) is 2. The number of benzene rings is 2. The third-order valence-corrected chi connectivity index (χ3v) is 5.25. The van der Waals surface area contributed by atoms with Gasteiger partial charge in [0.2, 0.25) is 5.91 Å². The first-order valence-electron chi connectivity index (χ1n) is 10.7. The van der Waals surface area contributed by atoms with E-state index in [0.717, 1.165) is 37.7 Å². The maximum Gasteiger partial charge on any atom is 0.274 e. The second kappa shape index (κ2) is 11.4. The normalized spacial score (nSPS) is 15.0. The summed E-state index contributed by atoms with van der Waals surface area (Å²) in [5.74, 6) is 0.312. The molecule has 0 aliphatic heterocycles. The smallest absolute Gasteiger partial charge is 0.274 e. The number of amides is 2. The van der Waals surface area contributed by atoms with Crippen molar-refractivity contribution in [1.82, 2.24) is 10.8 Å². The summed E-state index contributed by atoms with van der Waals surface area (Å²) in [4.78, 5) is 29.8. The molecule has 0 bridgehead atoms. The van der Waals surface area contributed by atoms with Crippen molar-refractivity contribution in [3.63, 3.8) is 0 Å². The Balaban J connectivity index is 1.48. The molecule has 2 N–H and O–H groups in total. The number of aryl methyl sites for hydroxylation is 1. The summed E-state index contributed by atoms with van der Waals surface area (Å²) in [5, 5.41) is 2.99. The average Bonchev–Trinajstić information content (AvgIpc) is 2.79. The number of rotatable bonds is 10. The van der Waals surface area contributed by atoms with Crippen LogP contribution in [0.4, 0.5) is 0 Å². The highest BCUT2D eigenvalue weighted by atomic mass is 16.7. The second-order valence-corrected chi connectivity index (χ2v) is 7.50. The Morgan fingerprint density at radius 2 is 1.97 bits per heavy atom. The number of hydroxylamine groups is 1. The van der Waals surface area contributed by atoms with Gasteiger partial charge in [-0.05, 0) is 55.0 Å². The lowest BCUT2D eigenvalue weighted by Crippen LogP contribution is -2.36. The molecule has 166 valence electrons. The maximum absolute atomic E-state index is 12.4. The molecule has 7 heteroatoms. The SMILES string of the molecule is CCCCOc1ccc(C(=O)NOCC(=O)N[C@H]2CCCc3ccccc32)cc1OC. The molecule has 0 aromatic heterocycles. The first kappa shape index (κ1) is 22.6. The molecule has 2 aromatic carbocycles. The van der Waals surface area contributed by atoms with Crippen LogP contribution in [0.2, 0.25) is 0 Å². The first-order valence-corrected chi connectivity index (χ1v) is 10.7. The molecule has 0 saturated carbocycles. The lowest BCUT2D eigenvalue weighted by atomic mass is 9.88. The minimum atomic E-state index is -0.464. The number of hydrogen-bond donors (Lipinski definition) is 2. The minimum Gasteiger partial charge on any atom is -0.493 e. The zero-order valence-electron chi connectivity index (χ0n) is 18.1. The largest absolute Gasteiger partial charge is 0.493 e. The van der Waals surface area contributed by atoms with Crippen LogP contribution in [0.3, 0.4) is 0 Å². The summed E-state index contributed by atoms with van der Waals surface area (Å²) in [6.07, 6.45) is 4.91. The summed E-state index contributed by atoms with van der Waals surface area (Å²) in [6.45, 7) is 2.41. The van der Waals surface area contributed by atoms with Crippen molar-refractivity contribution in [3.8, 4) is 11.5 Å². The Morgan fingerprint density at radius 3 is 2.77 bits per heavy atom. The first-order chi connectivity index (χ1) is 15.1. The number of nitrogens with one attached hydrogen (secondary N) is 2. The van der Waals surface area contributed by atoms with Crippen molar-refractivity contribution in [2.45, 2.75) is 45.1 Å². The fourth-order valence-electron chi connectivity index (χ4n) is 3.62. The molecular formula is C24H30N2O5. The summed E-state index contributed by atoms with van der Waals surface area (Å²) in [6, 6.07) is 13.0. The van der Waals surface area contributed by atoms with E-state index in [2.05, 4.69) is 23.8 Å². The molecule has 2 amide bonds. The summed E-state index contributed by atoms with van der Waals surface area (Å²) in [5.41, 5.74) is 5.08. The van der Waals surface area contributed by atoms with E-state index in [9.17, 15) is 9.59 Å². The lowest BCUT2D eigenvalue weighted by molar-refractivity contribution is -0.128. The van der Waals surface area contributed by atoms with Crippen LogP contribution in [0.5, 0.6) is 11.5 Å². The van der Waals surface area contributed by atoms with E-state index in [0.29, 0.717) is 23.7 Å². The van der Waals surface area contributed by atoms with Gasteiger partial charge in [-0.15, -0.1) is 0 Å². The van der Waals surface area contributed by atoms with Gasteiger partial charge in [-0.3, -0.25) is 14.4 Å². The van der Waals surface area contributed by atoms with Gasteiger partial charge in [0.15, 0.2) is 18.1 Å². The molecule has 3 rings (SSSR count). The van der Waals surface area contributed by atoms with Crippen LogP contribution in [0, 0.1) is 0 Å². The zero-order valence-corrected chi connectivity index (χ0v) is 18.1. The molecular weight excluding hydrogens is 396 g/mol. The fourth-order valence-corrected chi connectivity index (χ4v) is 3.62. The van der Waals surface area contributed by atoms with Crippen LogP contribution in [0.1, 0.15) is 60.1 Å². The van der Waals surface area contributed by atoms with Crippen LogP contribution >= 0.6 is 0 Å². The number of fused-ring (bicyclic) bond motifs is 1. The molecule has 0 saturated heterocycles. The van der Waals surface area contributed by atoms with E-state index in [1.807, 2.05) is 18.2 Å². The van der Waals surface area contributed by atoms with Crippen LogP contribution in [0.15, 0.2) is 42.5 Å². The molecule has 0 spiro atoms. The third-order valence-electron chi connectivity index (χ3n) is 5.25. The van der Waals surface area contributed by atoms with Crippen LogP contribution in [-0.4, -0.2) is 32.1 Å². The predicted octanol–water partition coefficient (Wildman–Crippen LogP) is 3.73. The van der Waals surface area contributed by atoms with Crippen LogP contribution in [0.25, 0.3) is 0 Å². The van der Waals surface area contributed by atoms with Gasteiger partial charge in [-0.2, -0.15) is 0 Å². The van der Waals surface area contributed by atoms with Gasteiger partial charge in [0.05, 0.1) is 19.8 Å². The van der Waals surface area contributed by atoms with Gasteiger partial charge in [0, 0.05) is 5.56 Å². The fraction of sp³-hybridized carbons (Fsp3) is 0.417. The number of hydrogen-bond acceptors (Lipinski definition) is 5. The van der Waals surface area contributed by atoms with Crippen molar-refractivity contribution in [1.29, 1.82) is 0 Å². The Hall–Kier alpha value is -3.06. The summed E-state index contributed by atoms with van der Waals surface area (Å²) in [7, 11) is 1.52. The van der Waals surface area contributed by atoms with Gasteiger partial charge < -0.3 is 14.8 Å². The number of methoxy groups -OCH3 is 1. The monoisotopic (exact) mass is 426 g/mol. The Morgan fingerprint density at radius 1 is 1.13 bits per heavy atom. The van der Waals surface area contributed by atoms with Crippen molar-refractivity contribution < 1.29 is 23.9 Å². The molecule has 1 aliphatic carbocycles. The molecule has 0 unspecified atom stereocenters. The molecule has 1 aliphatic rings. The van der Waals surface area contributed by atoms with Gasteiger partial charge >= 0.3 is 0 Å². The van der Waals surface area contributed by atoms with Crippen molar-refractivity contribution in [2.24, 2.45) is 0 Å². The lowest BCUT2D eigenvalue weighted by Gasteiger charge is -2.26. The molecule has 1 atom stereocenters. The average molecular weight is 427 g/mol. The molecule has 0 radical (unpaired) electrons. The van der Waals surface area contributed by atoms with E-state index in [1.54, 1.807) is 18.2 Å². The Kier molecular flexibility index (Phi) is 8.29. The van der Waals surface area contributed by atoms with E-state index < -0.39 is 5.91 Å². The molecule has 7 nitrogen and oxygen atoms in total. The van der Waals surface area contributed by atoms with Crippen molar-refractivity contribution in [3.05, 3.63) is 59.2 Å². The molecule has 31 heavy (non-hydrogen) atoms. The minimum absolute atomic E-state index is 0.0266. The topological polar surface area (TPSA) is 85.9 Å². The Bertz CT molecular complexity index is 899. The van der Waals surface area contributed by atoms with Crippen molar-refractivity contribution >= 4 is 11.8 Å². The highest BCUT2D eigenvalue weighted by Crippen LogP contribution is 2.29. The highest BCUT2D eigenvalue weighted by Gasteiger charge is 2.21. The van der Waals surface area contributed by atoms with E-state index in [4.69, 9.17) is 14.3 Å². The van der Waals surface area contributed by atoms with Gasteiger partial charge in [0.25, 0.3) is 5.91 Å². The molecule has 0 fully saturated rings. The standard InChI is InChI=1S/C24H30N2O5/c1-3-4-14-30-21-13-12-18(15-22(21)29-2)24(28)26-31-16-23(27)25-20-11-7-9-17-8-5-6-10-19(17)20/h5-6,8,10,12-13,15,20H,3-4,7,9,11,14,16H2,1-2H3,(H,25,27)(H,26,28)/t20-/m0/s1. The quantitative estimate of drug-likeness (QED) is 0.447. The number of carbonyl (C=O) groups is 2. The molecule has 0 heterocycles. The highest BCUT2D eigenvalue weighted by molar-refractivity contribution is 5.94. The summed E-state index contributed by atoms with van der Waals surface area (Å²) < 4.78 is 11.0. The van der Waals surface area contributed by atoms with Crippen molar-refractivity contribution in [2.75, 3.05) is 20.3 Å². The molecule has 2 aromatic rings. The maximum atomic E-state index is 12.4. The van der Waals surface area contributed by atoms with Crippen LogP contribution < -0.4 is 20.3 Å². The Labute approximate surface area is 183 Å². The summed E-state index contributed by atoms with van der Waals surface area (Å²) >= 11 is 0. The number of unbranched alkanes of at least 4 members (excludes halogenated alkanes) is 1. The van der Waals surface area contributed by atoms with E-state index in [-0.39, 0.29) is 18.6 Å². The van der Waals surface area contributed by atoms with Gasteiger partial charge in [-0.1, -0.05) is 37.6 Å². The second-order valence-electron chi connectivity index (χ2n) is 7.50. The van der Waals surface area contributed by atoms with E-state index in [1.165, 1.54) is 12.7 Å². The number of carbonyl (C=O) groups excluding carboxylic acids is 2. The predicted molar refractivity (Wildman–Crippen MR) is 117 cm³/mol. The van der Waals surface area contributed by atoms with Crippen LogP contribution in [-0.2, 0) is 16.1 Å². The third kappa shape index (κ3) is 6.21. The zero-order chi connectivity index (χ0) is 22.1. The van der Waals surface area contributed by atoms with Gasteiger partial charge in [-0.25, -0.2) is 5.48 Å². The van der Waals surface area contributed by atoms with Gasteiger partial charge in [0.1, 0.15) is 0 Å².